The number of anilines is 4. The Hall–Kier alpha value is -6.54. The predicted molar refractivity (Wildman–Crippen MR) is 266 cm³/mol. The molecular formula is C50H54N12O4S2. The first-order valence-electron chi connectivity index (χ1n) is 22.7. The van der Waals surface area contributed by atoms with E-state index in [2.05, 4.69) is 82.2 Å². The van der Waals surface area contributed by atoms with Crippen molar-refractivity contribution in [2.75, 3.05) is 89.0 Å². The number of benzene rings is 4. The molecule has 0 bridgehead atoms. The number of fused-ring (bicyclic) bond motifs is 2. The van der Waals surface area contributed by atoms with Crippen LogP contribution in [0.5, 0.6) is 0 Å². The standard InChI is InChI=1S/C50H54N12O4S2/c1-55-25-29-57(30-26-55)35-37-9-5-11-41(33-37)61(49-51-47-45(13-7-23-59(47)53-49)39-15-19-43(20-16-39)67(3,63)64)62(42-12-6-10-38(34-42)36-58-31-27-56(2)28-32-58)50-52-48-46(14-8-24-60(48)54-50)40-17-21-44(22-18-40)68(4,65)66/h5-24,33-34H,25-32,35-36H2,1-4H3. The Balaban J connectivity index is 1.16. The molecule has 8 aromatic rings. The highest BCUT2D eigenvalue weighted by atomic mass is 32.2. The van der Waals surface area contributed by atoms with Crippen molar-refractivity contribution < 1.29 is 16.8 Å². The van der Waals surface area contributed by atoms with E-state index in [9.17, 15) is 16.8 Å². The lowest BCUT2D eigenvalue weighted by Crippen LogP contribution is -2.44. The van der Waals surface area contributed by atoms with E-state index in [1.54, 1.807) is 57.6 Å². The molecule has 2 aliphatic rings. The molecule has 0 radical (unpaired) electrons. The van der Waals surface area contributed by atoms with Crippen molar-refractivity contribution >= 4 is 54.2 Å². The molecule has 2 saturated heterocycles. The van der Waals surface area contributed by atoms with Crippen LogP contribution in [0.2, 0.25) is 0 Å². The van der Waals surface area contributed by atoms with Gasteiger partial charge in [0.25, 0.3) is 11.9 Å². The van der Waals surface area contributed by atoms with Gasteiger partial charge in [-0.15, -0.1) is 10.2 Å². The summed E-state index contributed by atoms with van der Waals surface area (Å²) in [6.45, 7) is 9.36. The molecule has 4 aromatic heterocycles. The number of likely N-dealkylation sites (N-methyl/N-ethyl adjacent to an activating group) is 2. The minimum Gasteiger partial charge on any atom is -0.304 e. The van der Waals surface area contributed by atoms with Crippen LogP contribution in [0.4, 0.5) is 23.3 Å². The average Bonchev–Trinajstić information content (AvgIpc) is 3.97. The zero-order chi connectivity index (χ0) is 47.2. The summed E-state index contributed by atoms with van der Waals surface area (Å²) in [5.41, 5.74) is 8.07. The molecular weight excluding hydrogens is 897 g/mol. The minimum absolute atomic E-state index is 0.234. The first-order chi connectivity index (χ1) is 32.7. The number of nitrogens with zero attached hydrogens (tertiary/aromatic N) is 12. The maximum absolute atomic E-state index is 12.4. The third-order valence-corrected chi connectivity index (χ3v) is 15.0. The van der Waals surface area contributed by atoms with Gasteiger partial charge in [0.2, 0.25) is 0 Å². The summed E-state index contributed by atoms with van der Waals surface area (Å²) in [5.74, 6) is 0.698. The summed E-state index contributed by atoms with van der Waals surface area (Å²) in [6, 6.07) is 38.3. The number of aromatic nitrogens is 6. The number of rotatable bonds is 13. The highest BCUT2D eigenvalue weighted by Crippen LogP contribution is 2.38. The quantitative estimate of drug-likeness (QED) is 0.119. The van der Waals surface area contributed by atoms with E-state index in [0.29, 0.717) is 23.2 Å². The predicted octanol–water partition coefficient (Wildman–Crippen LogP) is 6.30. The summed E-state index contributed by atoms with van der Waals surface area (Å²) >= 11 is 0. The summed E-state index contributed by atoms with van der Waals surface area (Å²) in [5, 5.41) is 14.3. The monoisotopic (exact) mass is 950 g/mol. The number of hydrazine groups is 1. The van der Waals surface area contributed by atoms with Gasteiger partial charge in [0.05, 0.1) is 21.2 Å². The maximum atomic E-state index is 12.4. The van der Waals surface area contributed by atoms with E-state index in [1.165, 1.54) is 12.5 Å². The van der Waals surface area contributed by atoms with Gasteiger partial charge in [0.15, 0.2) is 31.0 Å². The molecule has 2 fully saturated rings. The van der Waals surface area contributed by atoms with Gasteiger partial charge in [0, 0.05) is 101 Å². The van der Waals surface area contributed by atoms with Crippen molar-refractivity contribution in [2.24, 2.45) is 0 Å². The minimum atomic E-state index is -3.40. The van der Waals surface area contributed by atoms with E-state index in [0.717, 1.165) is 110 Å². The molecule has 350 valence electrons. The van der Waals surface area contributed by atoms with Gasteiger partial charge >= 0.3 is 0 Å². The molecule has 6 heterocycles. The second-order valence-electron chi connectivity index (χ2n) is 17.9. The van der Waals surface area contributed by atoms with Crippen LogP contribution in [-0.4, -0.2) is 145 Å². The van der Waals surface area contributed by atoms with Crippen LogP contribution >= 0.6 is 0 Å². The van der Waals surface area contributed by atoms with E-state index in [-0.39, 0.29) is 9.79 Å². The molecule has 68 heavy (non-hydrogen) atoms. The molecule has 16 nitrogen and oxygen atoms in total. The molecule has 0 unspecified atom stereocenters. The van der Waals surface area contributed by atoms with Crippen molar-refractivity contribution in [2.45, 2.75) is 22.9 Å². The highest BCUT2D eigenvalue weighted by Gasteiger charge is 2.30. The first kappa shape index (κ1) is 45.3. The highest BCUT2D eigenvalue weighted by molar-refractivity contribution is 7.91. The summed E-state index contributed by atoms with van der Waals surface area (Å²) < 4.78 is 53.1. The number of piperazine rings is 2. The third kappa shape index (κ3) is 9.60. The van der Waals surface area contributed by atoms with Gasteiger partial charge in [-0.1, -0.05) is 48.5 Å². The fourth-order valence-corrected chi connectivity index (χ4v) is 10.2. The zero-order valence-electron chi connectivity index (χ0n) is 38.6. The topological polar surface area (TPSA) is 148 Å². The van der Waals surface area contributed by atoms with Crippen LogP contribution in [0.15, 0.2) is 144 Å². The SMILES string of the molecule is CN1CCN(Cc2cccc(N(c3nc4c(-c5ccc(S(C)(=O)=O)cc5)cccn4n3)N(c3cccc(CN4CCN(C)CC4)c3)c3nc4c(-c5ccc(S(C)(=O)=O)cc5)cccn4n3)c2)CC1. The van der Waals surface area contributed by atoms with Crippen LogP contribution in [0.25, 0.3) is 33.5 Å². The van der Waals surface area contributed by atoms with Gasteiger partial charge in [-0.2, -0.15) is 9.97 Å². The molecule has 18 heteroatoms. The lowest BCUT2D eigenvalue weighted by molar-refractivity contribution is 0.148. The van der Waals surface area contributed by atoms with Crippen LogP contribution in [-0.2, 0) is 32.8 Å². The van der Waals surface area contributed by atoms with Crippen molar-refractivity contribution in [1.29, 1.82) is 0 Å². The van der Waals surface area contributed by atoms with Crippen LogP contribution < -0.4 is 10.0 Å². The number of hydrogen-bond donors (Lipinski definition) is 0. The Kier molecular flexibility index (Phi) is 12.3. The first-order valence-corrected chi connectivity index (χ1v) is 26.4. The van der Waals surface area contributed by atoms with E-state index >= 15 is 0 Å². The molecule has 0 N–H and O–H groups in total. The van der Waals surface area contributed by atoms with Crippen molar-refractivity contribution in [1.82, 2.24) is 48.8 Å². The van der Waals surface area contributed by atoms with Crippen molar-refractivity contribution in [3.05, 3.63) is 145 Å². The Bertz CT molecular complexity index is 3100. The van der Waals surface area contributed by atoms with Gasteiger partial charge in [-0.25, -0.2) is 35.9 Å². The molecule has 0 saturated carbocycles. The third-order valence-electron chi connectivity index (χ3n) is 12.8. The molecule has 4 aromatic carbocycles. The van der Waals surface area contributed by atoms with Gasteiger partial charge in [0.1, 0.15) is 0 Å². The second kappa shape index (κ2) is 18.5. The lowest BCUT2D eigenvalue weighted by atomic mass is 10.1. The van der Waals surface area contributed by atoms with Crippen molar-refractivity contribution in [3.63, 3.8) is 0 Å². The van der Waals surface area contributed by atoms with Crippen LogP contribution in [0, 0.1) is 0 Å². The Morgan fingerprint density at radius 2 is 0.868 bits per heavy atom. The maximum Gasteiger partial charge on any atom is 0.269 e. The number of pyridine rings is 2. The van der Waals surface area contributed by atoms with E-state index < -0.39 is 19.7 Å². The summed E-state index contributed by atoms with van der Waals surface area (Å²) in [6.07, 6.45) is 6.11. The lowest BCUT2D eigenvalue weighted by Gasteiger charge is -2.35. The van der Waals surface area contributed by atoms with Crippen molar-refractivity contribution in [3.8, 4) is 22.3 Å². The fourth-order valence-electron chi connectivity index (χ4n) is 8.93. The molecule has 0 spiro atoms. The molecule has 10 rings (SSSR count). The van der Waals surface area contributed by atoms with Gasteiger partial charge in [-0.3, -0.25) is 9.80 Å². The average molecular weight is 951 g/mol. The zero-order valence-corrected chi connectivity index (χ0v) is 40.2. The second-order valence-corrected chi connectivity index (χ2v) is 22.0. The normalized spacial score (nSPS) is 15.9. The largest absolute Gasteiger partial charge is 0.304 e. The summed E-state index contributed by atoms with van der Waals surface area (Å²) in [4.78, 5) is 20.7. The van der Waals surface area contributed by atoms with Crippen LogP contribution in [0.3, 0.4) is 0 Å². The number of sulfone groups is 2. The Morgan fingerprint density at radius 1 is 0.485 bits per heavy atom. The number of hydrogen-bond acceptors (Lipinski definition) is 14. The van der Waals surface area contributed by atoms with E-state index in [1.807, 2.05) is 46.7 Å². The molecule has 0 aliphatic carbocycles. The Labute approximate surface area is 397 Å². The molecule has 0 amide bonds. The van der Waals surface area contributed by atoms with Gasteiger partial charge < -0.3 is 9.80 Å². The molecule has 0 atom stereocenters. The van der Waals surface area contributed by atoms with Gasteiger partial charge in [-0.05, 0) is 109 Å². The smallest absolute Gasteiger partial charge is 0.269 e. The summed E-state index contributed by atoms with van der Waals surface area (Å²) in [7, 11) is -2.48. The molecule has 2 aliphatic heterocycles. The van der Waals surface area contributed by atoms with E-state index in [4.69, 9.17) is 20.2 Å². The Morgan fingerprint density at radius 3 is 1.24 bits per heavy atom. The van der Waals surface area contributed by atoms with Crippen LogP contribution in [0.1, 0.15) is 11.1 Å². The fraction of sp³-hybridized carbons (Fsp3) is 0.280.